The van der Waals surface area contributed by atoms with Gasteiger partial charge in [-0.2, -0.15) is 0 Å². The predicted molar refractivity (Wildman–Crippen MR) is 79.0 cm³/mol. The van der Waals surface area contributed by atoms with E-state index in [1.165, 1.54) is 11.0 Å². The highest BCUT2D eigenvalue weighted by atomic mass is 16.5. The second-order valence-electron chi connectivity index (χ2n) is 4.95. The largest absolute Gasteiger partial charge is 0.465 e. The molecule has 112 valence electrons. The maximum absolute atomic E-state index is 11.3. The summed E-state index contributed by atoms with van der Waals surface area (Å²) in [6.45, 7) is 4.50. The van der Waals surface area contributed by atoms with Crippen LogP contribution in [-0.2, 0) is 16.0 Å². The van der Waals surface area contributed by atoms with Crippen molar-refractivity contribution in [2.75, 3.05) is 13.2 Å². The van der Waals surface area contributed by atoms with Crippen LogP contribution in [0.25, 0.3) is 6.08 Å². The van der Waals surface area contributed by atoms with Gasteiger partial charge in [0.2, 0.25) is 0 Å². The molecule has 1 aliphatic rings. The highest BCUT2D eigenvalue weighted by Crippen LogP contribution is 2.30. The summed E-state index contributed by atoms with van der Waals surface area (Å²) in [6, 6.07) is 5.68. The van der Waals surface area contributed by atoms with Crippen LogP contribution < -0.4 is 0 Å². The minimum Gasteiger partial charge on any atom is -0.465 e. The average Bonchev–Trinajstić information content (AvgIpc) is 2.45. The molecule has 1 aromatic rings. The van der Waals surface area contributed by atoms with Crippen LogP contribution in [0.15, 0.2) is 24.3 Å². The molecule has 0 bridgehead atoms. The molecule has 1 aliphatic heterocycles. The number of hydrogen-bond donors (Lipinski definition) is 1. The molecule has 0 aromatic heterocycles. The molecule has 0 aliphatic carbocycles. The molecule has 0 radical (unpaired) electrons. The molecule has 1 N–H and O–H groups in total. The molecule has 1 aromatic carbocycles. The number of carboxylic acid groups (broad SMARTS) is 1. The molecule has 0 saturated heterocycles. The fourth-order valence-corrected chi connectivity index (χ4v) is 2.55. The number of amides is 1. The van der Waals surface area contributed by atoms with Gasteiger partial charge in [0.15, 0.2) is 0 Å². The van der Waals surface area contributed by atoms with Gasteiger partial charge in [-0.15, -0.1) is 0 Å². The van der Waals surface area contributed by atoms with Crippen molar-refractivity contribution in [3.8, 4) is 0 Å². The molecule has 0 fully saturated rings. The zero-order chi connectivity index (χ0) is 15.4. The number of fused-ring (bicyclic) bond motifs is 1. The van der Waals surface area contributed by atoms with Gasteiger partial charge in [-0.3, -0.25) is 0 Å². The van der Waals surface area contributed by atoms with Crippen LogP contribution in [0.2, 0.25) is 0 Å². The average molecular weight is 289 g/mol. The summed E-state index contributed by atoms with van der Waals surface area (Å²) in [4.78, 5) is 23.9. The lowest BCUT2D eigenvalue weighted by Gasteiger charge is -2.33. The monoisotopic (exact) mass is 289 g/mol. The smallest absolute Gasteiger partial charge is 0.407 e. The number of carbonyl (C=O) groups excluding carboxylic acids is 1. The fourth-order valence-electron chi connectivity index (χ4n) is 2.55. The van der Waals surface area contributed by atoms with Crippen LogP contribution >= 0.6 is 0 Å². The van der Waals surface area contributed by atoms with E-state index in [-0.39, 0.29) is 12.0 Å². The molecular formula is C16H19NO4. The van der Waals surface area contributed by atoms with Gasteiger partial charge < -0.3 is 14.7 Å². The normalized spacial score (nSPS) is 17.6. The zero-order valence-electron chi connectivity index (χ0n) is 12.2. The van der Waals surface area contributed by atoms with Crippen molar-refractivity contribution in [1.29, 1.82) is 0 Å². The van der Waals surface area contributed by atoms with Crippen molar-refractivity contribution < 1.29 is 19.4 Å². The van der Waals surface area contributed by atoms with Gasteiger partial charge in [0.1, 0.15) is 0 Å². The van der Waals surface area contributed by atoms with E-state index >= 15 is 0 Å². The molecule has 1 atom stereocenters. The number of rotatable bonds is 3. The summed E-state index contributed by atoms with van der Waals surface area (Å²) in [5.41, 5.74) is 3.02. The Hall–Kier alpha value is -2.30. The molecule has 1 heterocycles. The van der Waals surface area contributed by atoms with Crippen molar-refractivity contribution in [3.05, 3.63) is 41.0 Å². The Morgan fingerprint density at radius 3 is 2.90 bits per heavy atom. The van der Waals surface area contributed by atoms with Crippen molar-refractivity contribution >= 4 is 18.1 Å². The quantitative estimate of drug-likeness (QED) is 0.686. The number of carbonyl (C=O) groups is 2. The Bertz CT molecular complexity index is 580. The number of hydrogen-bond acceptors (Lipinski definition) is 3. The molecular weight excluding hydrogens is 270 g/mol. The van der Waals surface area contributed by atoms with Crippen LogP contribution in [0.1, 0.15) is 36.6 Å². The van der Waals surface area contributed by atoms with Crippen molar-refractivity contribution in [2.24, 2.45) is 0 Å². The third-order valence-electron chi connectivity index (χ3n) is 3.65. The Morgan fingerprint density at radius 1 is 1.48 bits per heavy atom. The minimum atomic E-state index is -0.902. The molecule has 1 amide bonds. The number of nitrogens with zero attached hydrogens (tertiary/aromatic N) is 1. The van der Waals surface area contributed by atoms with Crippen LogP contribution in [-0.4, -0.2) is 35.2 Å². The molecule has 1 unspecified atom stereocenters. The first-order valence-electron chi connectivity index (χ1n) is 7.00. The van der Waals surface area contributed by atoms with Gasteiger partial charge >= 0.3 is 12.1 Å². The third kappa shape index (κ3) is 3.42. The number of benzene rings is 1. The lowest BCUT2D eigenvalue weighted by atomic mass is 9.92. The second kappa shape index (κ2) is 6.43. The van der Waals surface area contributed by atoms with Crippen LogP contribution in [0.5, 0.6) is 0 Å². The van der Waals surface area contributed by atoms with Crippen LogP contribution in [0, 0.1) is 0 Å². The van der Waals surface area contributed by atoms with E-state index in [4.69, 9.17) is 4.74 Å². The van der Waals surface area contributed by atoms with Crippen LogP contribution in [0.4, 0.5) is 4.79 Å². The highest BCUT2D eigenvalue weighted by Gasteiger charge is 2.27. The Balaban J connectivity index is 2.22. The Kier molecular flexibility index (Phi) is 4.62. The Labute approximate surface area is 123 Å². The topological polar surface area (TPSA) is 66.8 Å². The maximum atomic E-state index is 11.3. The summed E-state index contributed by atoms with van der Waals surface area (Å²) < 4.78 is 4.83. The summed E-state index contributed by atoms with van der Waals surface area (Å²) >= 11 is 0. The molecule has 21 heavy (non-hydrogen) atoms. The van der Waals surface area contributed by atoms with Gasteiger partial charge in [0, 0.05) is 12.6 Å². The molecule has 0 spiro atoms. The number of esters is 1. The summed E-state index contributed by atoms with van der Waals surface area (Å²) in [7, 11) is 0. The SMILES string of the molecule is CCOC(=O)/C=C/c1ccc2c(c1)C(C)N(C(=O)O)CC2. The first-order valence-corrected chi connectivity index (χ1v) is 7.00. The molecule has 2 rings (SSSR count). The third-order valence-corrected chi connectivity index (χ3v) is 3.65. The van der Waals surface area contributed by atoms with E-state index in [9.17, 15) is 14.7 Å². The lowest BCUT2D eigenvalue weighted by molar-refractivity contribution is -0.137. The summed E-state index contributed by atoms with van der Waals surface area (Å²) in [5.74, 6) is -0.379. The second-order valence-corrected chi connectivity index (χ2v) is 4.95. The molecule has 5 heteroatoms. The van der Waals surface area contributed by atoms with E-state index in [1.54, 1.807) is 13.0 Å². The van der Waals surface area contributed by atoms with E-state index < -0.39 is 6.09 Å². The van der Waals surface area contributed by atoms with Crippen LogP contribution in [0.3, 0.4) is 0 Å². The lowest BCUT2D eigenvalue weighted by Crippen LogP contribution is -2.37. The number of ether oxygens (including phenoxy) is 1. The van der Waals surface area contributed by atoms with Gasteiger partial charge in [-0.25, -0.2) is 9.59 Å². The summed E-state index contributed by atoms with van der Waals surface area (Å²) in [6.07, 6.45) is 2.88. The van der Waals surface area contributed by atoms with Crippen molar-refractivity contribution in [1.82, 2.24) is 4.90 Å². The van der Waals surface area contributed by atoms with E-state index in [2.05, 4.69) is 0 Å². The molecule has 5 nitrogen and oxygen atoms in total. The maximum Gasteiger partial charge on any atom is 0.407 e. The van der Waals surface area contributed by atoms with Crippen molar-refractivity contribution in [3.63, 3.8) is 0 Å². The van der Waals surface area contributed by atoms with Gasteiger partial charge in [0.05, 0.1) is 12.6 Å². The predicted octanol–water partition coefficient (Wildman–Crippen LogP) is 2.86. The first-order chi connectivity index (χ1) is 10.0. The fraction of sp³-hybridized carbons (Fsp3) is 0.375. The Morgan fingerprint density at radius 2 is 2.24 bits per heavy atom. The highest BCUT2D eigenvalue weighted by molar-refractivity contribution is 5.87. The van der Waals surface area contributed by atoms with E-state index in [0.717, 1.165) is 16.7 Å². The summed E-state index contributed by atoms with van der Waals surface area (Å²) in [5, 5.41) is 9.19. The van der Waals surface area contributed by atoms with E-state index in [1.807, 2.05) is 25.1 Å². The van der Waals surface area contributed by atoms with E-state index in [0.29, 0.717) is 19.6 Å². The van der Waals surface area contributed by atoms with Gasteiger partial charge in [0.25, 0.3) is 0 Å². The molecule has 0 saturated carbocycles. The zero-order valence-corrected chi connectivity index (χ0v) is 12.2. The standard InChI is InChI=1S/C16H19NO4/c1-3-21-15(18)7-5-12-4-6-13-8-9-17(16(19)20)11(2)14(13)10-12/h4-7,10-11H,3,8-9H2,1-2H3,(H,19,20)/b7-5+. The minimum absolute atomic E-state index is 0.179. The first kappa shape index (κ1) is 15.1. The van der Waals surface area contributed by atoms with Crippen molar-refractivity contribution in [2.45, 2.75) is 26.3 Å². The van der Waals surface area contributed by atoms with Gasteiger partial charge in [-0.05, 0) is 49.1 Å². The van der Waals surface area contributed by atoms with Gasteiger partial charge in [-0.1, -0.05) is 12.1 Å².